The molecule has 0 bridgehead atoms. The number of aromatic nitrogens is 2. The van der Waals surface area contributed by atoms with Gasteiger partial charge in [0.1, 0.15) is 10.7 Å². The van der Waals surface area contributed by atoms with Gasteiger partial charge in [0.25, 0.3) is 0 Å². The van der Waals surface area contributed by atoms with Crippen molar-refractivity contribution in [2.45, 2.75) is 57.8 Å². The third kappa shape index (κ3) is 3.24. The Morgan fingerprint density at radius 1 is 1.36 bits per heavy atom. The Morgan fingerprint density at radius 3 is 2.86 bits per heavy atom. The zero-order valence-electron chi connectivity index (χ0n) is 13.6. The smallest absolute Gasteiger partial charge is 0.152 e. The van der Waals surface area contributed by atoms with Crippen LogP contribution in [0.5, 0.6) is 0 Å². The summed E-state index contributed by atoms with van der Waals surface area (Å²) in [5, 5.41) is 1.03. The van der Waals surface area contributed by atoms with E-state index in [1.807, 2.05) is 0 Å². The molecular weight excluding hydrogens is 314 g/mol. The van der Waals surface area contributed by atoms with Crippen LogP contribution in [0.25, 0.3) is 10.6 Å². The van der Waals surface area contributed by atoms with E-state index in [0.29, 0.717) is 18.3 Å². The maximum absolute atomic E-state index is 6.10. The molecule has 6 heteroatoms. The second kappa shape index (κ2) is 5.98. The third-order valence-corrected chi connectivity index (χ3v) is 6.12. The Kier molecular flexibility index (Phi) is 4.36. The predicted molar refractivity (Wildman–Crippen MR) is 93.7 cm³/mol. The molecule has 2 N–H and O–H groups in total. The minimum absolute atomic E-state index is 0.149. The summed E-state index contributed by atoms with van der Waals surface area (Å²) in [7, 11) is 0. The normalized spacial score (nSPS) is 17.1. The summed E-state index contributed by atoms with van der Waals surface area (Å²) in [5.74, 6) is 2.33. The quantitative estimate of drug-likeness (QED) is 0.847. The minimum atomic E-state index is -0.149. The van der Waals surface area contributed by atoms with E-state index in [1.165, 1.54) is 11.3 Å². The summed E-state index contributed by atoms with van der Waals surface area (Å²) in [6.07, 6.45) is 2.01. The van der Waals surface area contributed by atoms with Gasteiger partial charge in [0.05, 0.1) is 27.7 Å². The van der Waals surface area contributed by atoms with Crippen molar-refractivity contribution < 1.29 is 4.74 Å². The van der Waals surface area contributed by atoms with Crippen LogP contribution in [-0.4, -0.2) is 21.3 Å². The molecule has 0 aliphatic carbocycles. The molecular formula is C16H23N3OS2. The molecule has 0 unspecified atom stereocenters. The Bertz CT molecular complexity index is 651. The van der Waals surface area contributed by atoms with Crippen molar-refractivity contribution in [3.05, 3.63) is 10.6 Å². The number of ether oxygens (including phenoxy) is 1. The van der Waals surface area contributed by atoms with E-state index < -0.39 is 0 Å². The van der Waals surface area contributed by atoms with Gasteiger partial charge in [-0.05, 0) is 31.9 Å². The number of hydrogen-bond donors (Lipinski definition) is 1. The fourth-order valence-electron chi connectivity index (χ4n) is 2.47. The summed E-state index contributed by atoms with van der Waals surface area (Å²) in [5.41, 5.74) is 7.94. The first-order valence-corrected chi connectivity index (χ1v) is 9.50. The van der Waals surface area contributed by atoms with Gasteiger partial charge in [-0.15, -0.1) is 23.1 Å². The number of nitrogen functional groups attached to an aromatic ring is 1. The summed E-state index contributed by atoms with van der Waals surface area (Å²) < 4.78 is 5.91. The Morgan fingerprint density at radius 2 is 2.14 bits per heavy atom. The highest BCUT2D eigenvalue weighted by atomic mass is 32.2. The van der Waals surface area contributed by atoms with Crippen LogP contribution in [0.3, 0.4) is 0 Å². The van der Waals surface area contributed by atoms with E-state index in [2.05, 4.69) is 32.7 Å². The van der Waals surface area contributed by atoms with Crippen LogP contribution < -0.4 is 5.73 Å². The van der Waals surface area contributed by atoms with E-state index in [4.69, 9.17) is 15.5 Å². The molecule has 3 heterocycles. The molecule has 0 saturated carbocycles. The van der Waals surface area contributed by atoms with Crippen molar-refractivity contribution in [2.75, 3.05) is 11.5 Å². The van der Waals surface area contributed by atoms with Crippen molar-refractivity contribution in [2.24, 2.45) is 5.92 Å². The molecule has 3 aliphatic heterocycles. The summed E-state index contributed by atoms with van der Waals surface area (Å²) >= 11 is 3.53. The first kappa shape index (κ1) is 16.0. The molecule has 0 spiro atoms. The van der Waals surface area contributed by atoms with Crippen LogP contribution in [0, 0.1) is 5.92 Å². The van der Waals surface area contributed by atoms with Crippen molar-refractivity contribution in [1.29, 1.82) is 0 Å². The lowest BCUT2D eigenvalue weighted by Crippen LogP contribution is -2.32. The minimum Gasteiger partial charge on any atom is -0.382 e. The lowest BCUT2D eigenvalue weighted by molar-refractivity contribution is -0.0395. The van der Waals surface area contributed by atoms with Crippen LogP contribution in [0.1, 0.15) is 44.7 Å². The van der Waals surface area contributed by atoms with Gasteiger partial charge in [0, 0.05) is 6.42 Å². The van der Waals surface area contributed by atoms with Crippen LogP contribution in [0.15, 0.2) is 5.03 Å². The van der Waals surface area contributed by atoms with Crippen molar-refractivity contribution in [3.8, 4) is 10.6 Å². The Labute approximate surface area is 140 Å². The molecule has 3 aliphatic rings. The molecule has 0 atom stereocenters. The number of rotatable bonds is 4. The van der Waals surface area contributed by atoms with Crippen LogP contribution >= 0.6 is 23.1 Å². The topological polar surface area (TPSA) is 61.0 Å². The monoisotopic (exact) mass is 337 g/mol. The SMILES string of the molecule is CC(C)CCSc1nc(N)c2nc3c(sc1-2)COC(C)(C)C3. The number of nitrogens with zero attached hydrogens (tertiary/aromatic N) is 2. The Hall–Kier alpha value is -0.850. The van der Waals surface area contributed by atoms with Crippen LogP contribution in [-0.2, 0) is 17.8 Å². The van der Waals surface area contributed by atoms with Crippen molar-refractivity contribution in [1.82, 2.24) is 9.97 Å². The van der Waals surface area contributed by atoms with Gasteiger partial charge in [0.2, 0.25) is 0 Å². The lowest BCUT2D eigenvalue weighted by atomic mass is 9.99. The van der Waals surface area contributed by atoms with Gasteiger partial charge in [-0.2, -0.15) is 0 Å². The maximum Gasteiger partial charge on any atom is 0.152 e. The number of hydrogen-bond acceptors (Lipinski definition) is 6. The molecule has 0 saturated heterocycles. The molecule has 0 aromatic carbocycles. The van der Waals surface area contributed by atoms with Crippen LogP contribution in [0.2, 0.25) is 0 Å². The first-order chi connectivity index (χ1) is 10.4. The van der Waals surface area contributed by atoms with E-state index in [1.54, 1.807) is 23.1 Å². The second-order valence-electron chi connectivity index (χ2n) is 6.82. The van der Waals surface area contributed by atoms with Crippen molar-refractivity contribution >= 4 is 28.9 Å². The van der Waals surface area contributed by atoms with Gasteiger partial charge in [-0.25, -0.2) is 9.97 Å². The van der Waals surface area contributed by atoms with E-state index in [0.717, 1.165) is 33.5 Å². The largest absolute Gasteiger partial charge is 0.382 e. The summed E-state index contributed by atoms with van der Waals surface area (Å²) in [6.45, 7) is 9.33. The molecule has 0 aromatic rings. The lowest BCUT2D eigenvalue weighted by Gasteiger charge is -2.31. The van der Waals surface area contributed by atoms with Crippen molar-refractivity contribution in [3.63, 3.8) is 0 Å². The van der Waals surface area contributed by atoms with Gasteiger partial charge >= 0.3 is 0 Å². The van der Waals surface area contributed by atoms with E-state index >= 15 is 0 Å². The predicted octanol–water partition coefficient (Wildman–Crippen LogP) is 4.21. The van der Waals surface area contributed by atoms with Gasteiger partial charge in [-0.3, -0.25) is 0 Å². The number of fused-ring (bicyclic) bond motifs is 2. The summed E-state index contributed by atoms with van der Waals surface area (Å²) in [6, 6.07) is 0. The standard InChI is InChI=1S/C16H23N3OS2/c1-9(2)5-6-21-15-13-12(14(17)19-15)18-10-7-16(3,4)20-8-11(10)22-13/h9H,5-8H2,1-4H3,(H2,17,19). The first-order valence-electron chi connectivity index (χ1n) is 7.70. The molecule has 0 aromatic heterocycles. The number of nitrogens with two attached hydrogens (primary N) is 1. The molecule has 22 heavy (non-hydrogen) atoms. The van der Waals surface area contributed by atoms with E-state index in [9.17, 15) is 0 Å². The molecule has 4 nitrogen and oxygen atoms in total. The fraction of sp³-hybridized carbons (Fsp3) is 0.625. The molecule has 0 radical (unpaired) electrons. The zero-order chi connectivity index (χ0) is 15.9. The number of anilines is 1. The maximum atomic E-state index is 6.10. The molecule has 3 rings (SSSR count). The highest BCUT2D eigenvalue weighted by molar-refractivity contribution is 7.99. The Balaban J connectivity index is 1.91. The van der Waals surface area contributed by atoms with E-state index in [-0.39, 0.29) is 5.60 Å². The van der Waals surface area contributed by atoms with Crippen LogP contribution in [0.4, 0.5) is 5.82 Å². The molecule has 0 amide bonds. The average Bonchev–Trinajstić information content (AvgIpc) is 2.72. The number of thioether (sulfide) groups is 1. The van der Waals surface area contributed by atoms with Gasteiger partial charge < -0.3 is 10.5 Å². The van der Waals surface area contributed by atoms with Gasteiger partial charge in [0.15, 0.2) is 5.82 Å². The average molecular weight is 338 g/mol. The summed E-state index contributed by atoms with van der Waals surface area (Å²) in [4.78, 5) is 11.7. The fourth-order valence-corrected chi connectivity index (χ4v) is 4.92. The second-order valence-corrected chi connectivity index (χ2v) is 9.01. The highest BCUT2D eigenvalue weighted by Gasteiger charge is 2.30. The molecule has 120 valence electrons. The third-order valence-electron chi connectivity index (χ3n) is 3.79. The van der Waals surface area contributed by atoms with Gasteiger partial charge in [-0.1, -0.05) is 13.8 Å². The zero-order valence-corrected chi connectivity index (χ0v) is 15.2. The molecule has 0 fully saturated rings. The highest BCUT2D eigenvalue weighted by Crippen LogP contribution is 2.43.